The van der Waals surface area contributed by atoms with Crippen molar-refractivity contribution in [3.8, 4) is 0 Å². The van der Waals surface area contributed by atoms with Crippen molar-refractivity contribution < 1.29 is 21.5 Å². The van der Waals surface area contributed by atoms with Gasteiger partial charge in [-0.3, -0.25) is 5.73 Å². The first-order valence-electron chi connectivity index (χ1n) is 7.75. The van der Waals surface area contributed by atoms with Gasteiger partial charge in [-0.2, -0.15) is 12.6 Å². The van der Waals surface area contributed by atoms with Gasteiger partial charge in [-0.25, -0.2) is 0 Å². The number of unbranched alkanes of at least 4 members (excludes halogenated alkanes) is 9. The van der Waals surface area contributed by atoms with Gasteiger partial charge in [-0.05, 0) is 25.0 Å². The number of halogens is 1. The Morgan fingerprint density at radius 2 is 1.11 bits per heavy atom. The number of quaternary nitrogens is 1. The van der Waals surface area contributed by atoms with Crippen LogP contribution in [0.15, 0.2) is 0 Å². The van der Waals surface area contributed by atoms with E-state index >= 15 is 0 Å². The zero-order valence-corrected chi connectivity index (χ0v) is 15.5. The fourth-order valence-electron chi connectivity index (χ4n) is 2.16. The largest absolute Gasteiger partial charge is 1.00 e. The van der Waals surface area contributed by atoms with E-state index in [4.69, 9.17) is 5.73 Å². The summed E-state index contributed by atoms with van der Waals surface area (Å²) in [7, 11) is 4.43. The van der Waals surface area contributed by atoms with Crippen LogP contribution in [0.2, 0.25) is 0 Å². The Kier molecular flexibility index (Phi) is 17.6. The smallest absolute Gasteiger partial charge is 0.129 e. The lowest BCUT2D eigenvalue weighted by Crippen LogP contribution is -3.00. The van der Waals surface area contributed by atoms with Crippen LogP contribution in [-0.4, -0.2) is 37.5 Å². The first kappa shape index (κ1) is 22.0. The van der Waals surface area contributed by atoms with E-state index in [2.05, 4.69) is 26.7 Å². The third-order valence-electron chi connectivity index (χ3n) is 3.67. The van der Waals surface area contributed by atoms with Crippen LogP contribution in [0.5, 0.6) is 0 Å². The Bertz CT molecular complexity index is 178. The highest BCUT2D eigenvalue weighted by atomic mass is 79.9. The minimum Gasteiger partial charge on any atom is -1.00 e. The summed E-state index contributed by atoms with van der Waals surface area (Å²) in [6.07, 6.45) is 13.9. The SMILES string of the molecule is C[N+](C)(CN)CCCCCCCCCCCCS.[Br-]. The number of nitrogens with two attached hydrogens (primary N) is 1. The average molecular weight is 355 g/mol. The third kappa shape index (κ3) is 16.7. The maximum absolute atomic E-state index is 5.70. The van der Waals surface area contributed by atoms with Crippen molar-refractivity contribution in [3.05, 3.63) is 0 Å². The van der Waals surface area contributed by atoms with Crippen LogP contribution >= 0.6 is 12.6 Å². The number of thiol groups is 1. The summed E-state index contributed by atoms with van der Waals surface area (Å²) in [5, 5.41) is 0. The van der Waals surface area contributed by atoms with Crippen molar-refractivity contribution in [3.63, 3.8) is 0 Å². The molecule has 0 aliphatic heterocycles. The van der Waals surface area contributed by atoms with Gasteiger partial charge in [0.15, 0.2) is 0 Å². The number of hydrogen-bond acceptors (Lipinski definition) is 2. The molecule has 2 nitrogen and oxygen atoms in total. The summed E-state index contributed by atoms with van der Waals surface area (Å²) in [6.45, 7) is 1.98. The van der Waals surface area contributed by atoms with E-state index in [1.54, 1.807) is 0 Å². The third-order valence-corrected chi connectivity index (χ3v) is 3.98. The predicted octanol–water partition coefficient (Wildman–Crippen LogP) is 0.814. The van der Waals surface area contributed by atoms with Crippen LogP contribution in [0.3, 0.4) is 0 Å². The summed E-state index contributed by atoms with van der Waals surface area (Å²) in [5.41, 5.74) is 5.70. The zero-order chi connectivity index (χ0) is 13.7. The van der Waals surface area contributed by atoms with E-state index < -0.39 is 0 Å². The molecule has 0 aromatic rings. The molecule has 19 heavy (non-hydrogen) atoms. The van der Waals surface area contributed by atoms with E-state index in [-0.39, 0.29) is 17.0 Å². The lowest BCUT2D eigenvalue weighted by atomic mass is 10.1. The predicted molar refractivity (Wildman–Crippen MR) is 86.1 cm³/mol. The van der Waals surface area contributed by atoms with E-state index in [0.29, 0.717) is 0 Å². The van der Waals surface area contributed by atoms with Gasteiger partial charge in [0.2, 0.25) is 0 Å². The lowest BCUT2D eigenvalue weighted by molar-refractivity contribution is -0.890. The highest BCUT2D eigenvalue weighted by molar-refractivity contribution is 7.80. The van der Waals surface area contributed by atoms with Gasteiger partial charge in [0, 0.05) is 0 Å². The lowest BCUT2D eigenvalue weighted by Gasteiger charge is -2.27. The van der Waals surface area contributed by atoms with Crippen LogP contribution in [0.25, 0.3) is 0 Å². The Balaban J connectivity index is 0. The van der Waals surface area contributed by atoms with Crippen LogP contribution in [0.1, 0.15) is 64.2 Å². The molecule has 0 heterocycles. The van der Waals surface area contributed by atoms with Gasteiger partial charge >= 0.3 is 0 Å². The van der Waals surface area contributed by atoms with Gasteiger partial charge < -0.3 is 21.5 Å². The van der Waals surface area contributed by atoms with Crippen LogP contribution in [-0.2, 0) is 0 Å². The summed E-state index contributed by atoms with van der Waals surface area (Å²) in [6, 6.07) is 0. The molecule has 0 rings (SSSR count). The second-order valence-corrected chi connectivity index (χ2v) is 6.55. The Hall–Kier alpha value is 0.750. The Morgan fingerprint density at radius 1 is 0.737 bits per heavy atom. The minimum absolute atomic E-state index is 0. The molecular formula is C15H35BrN2S. The fraction of sp³-hybridized carbons (Fsp3) is 1.00. The molecule has 0 radical (unpaired) electrons. The van der Waals surface area contributed by atoms with Crippen molar-refractivity contribution in [2.75, 3.05) is 33.1 Å². The van der Waals surface area contributed by atoms with Crippen molar-refractivity contribution in [2.45, 2.75) is 64.2 Å². The van der Waals surface area contributed by atoms with Gasteiger partial charge in [0.25, 0.3) is 0 Å². The molecule has 0 unspecified atom stereocenters. The first-order valence-corrected chi connectivity index (χ1v) is 8.38. The number of nitrogens with zero attached hydrogens (tertiary/aromatic N) is 1. The highest BCUT2D eigenvalue weighted by Crippen LogP contribution is 2.11. The summed E-state index contributed by atoms with van der Waals surface area (Å²) >= 11 is 4.23. The molecule has 2 N–H and O–H groups in total. The normalized spacial score (nSPS) is 11.4. The van der Waals surface area contributed by atoms with E-state index in [9.17, 15) is 0 Å². The van der Waals surface area contributed by atoms with Crippen LogP contribution in [0, 0.1) is 0 Å². The maximum atomic E-state index is 5.70. The van der Waals surface area contributed by atoms with Crippen molar-refractivity contribution in [1.29, 1.82) is 0 Å². The van der Waals surface area contributed by atoms with Crippen molar-refractivity contribution >= 4 is 12.6 Å². The van der Waals surface area contributed by atoms with Gasteiger partial charge in [0.1, 0.15) is 6.67 Å². The molecule has 0 aliphatic rings. The standard InChI is InChI=1S/C15H34N2S.BrH/c1-17(2,15-16)13-11-9-7-5-3-4-6-8-10-12-14-18;/h3-16H2,1-2H3;1H. The molecule has 0 aliphatic carbocycles. The molecular weight excluding hydrogens is 320 g/mol. The Labute approximate surface area is 137 Å². The van der Waals surface area contributed by atoms with Gasteiger partial charge in [-0.15, -0.1) is 0 Å². The molecule has 0 aromatic heterocycles. The van der Waals surface area contributed by atoms with E-state index in [1.807, 2.05) is 0 Å². The molecule has 0 fully saturated rings. The Morgan fingerprint density at radius 3 is 1.47 bits per heavy atom. The van der Waals surface area contributed by atoms with Crippen molar-refractivity contribution in [1.82, 2.24) is 0 Å². The number of rotatable bonds is 13. The van der Waals surface area contributed by atoms with Gasteiger partial charge in [0.05, 0.1) is 20.6 Å². The van der Waals surface area contributed by atoms with E-state index in [1.165, 1.54) is 70.8 Å². The van der Waals surface area contributed by atoms with E-state index in [0.717, 1.165) is 16.9 Å². The molecule has 118 valence electrons. The molecule has 0 saturated heterocycles. The monoisotopic (exact) mass is 354 g/mol. The zero-order valence-electron chi connectivity index (χ0n) is 13.0. The molecule has 0 bridgehead atoms. The van der Waals surface area contributed by atoms with Gasteiger partial charge in [-0.1, -0.05) is 44.9 Å². The second-order valence-electron chi connectivity index (χ2n) is 6.10. The fourth-order valence-corrected chi connectivity index (χ4v) is 2.38. The summed E-state index contributed by atoms with van der Waals surface area (Å²) < 4.78 is 0.963. The maximum Gasteiger partial charge on any atom is 0.129 e. The molecule has 0 aromatic carbocycles. The molecule has 0 saturated carbocycles. The topological polar surface area (TPSA) is 26.0 Å². The highest BCUT2D eigenvalue weighted by Gasteiger charge is 2.10. The van der Waals surface area contributed by atoms with Crippen LogP contribution < -0.4 is 22.7 Å². The molecule has 0 atom stereocenters. The first-order chi connectivity index (χ1) is 8.62. The molecule has 0 amide bonds. The van der Waals surface area contributed by atoms with Crippen LogP contribution in [0.4, 0.5) is 0 Å². The average Bonchev–Trinajstić information content (AvgIpc) is 2.36. The van der Waals surface area contributed by atoms with Crippen molar-refractivity contribution in [2.24, 2.45) is 5.73 Å². The summed E-state index contributed by atoms with van der Waals surface area (Å²) in [5.74, 6) is 1.05. The number of hydrogen-bond donors (Lipinski definition) is 2. The summed E-state index contributed by atoms with van der Waals surface area (Å²) in [4.78, 5) is 0. The molecule has 4 heteroatoms. The molecule has 0 spiro atoms. The second kappa shape index (κ2) is 15.1. The minimum atomic E-state index is 0. The quantitative estimate of drug-likeness (QED) is 0.218.